The molecule has 0 radical (unpaired) electrons. The Labute approximate surface area is 144 Å². The van der Waals surface area contributed by atoms with Gasteiger partial charge in [0.25, 0.3) is 5.91 Å². The third kappa shape index (κ3) is 2.74. The zero-order valence-electron chi connectivity index (χ0n) is 13.9. The molecule has 4 heterocycles. The Kier molecular flexibility index (Phi) is 3.89. The molecule has 0 aromatic carbocycles. The summed E-state index contributed by atoms with van der Waals surface area (Å²) in [6, 6.07) is 5.29. The Morgan fingerprint density at radius 3 is 3.16 bits per heavy atom. The second-order valence-corrected chi connectivity index (χ2v) is 6.11. The van der Waals surface area contributed by atoms with E-state index in [1.54, 1.807) is 37.8 Å². The van der Waals surface area contributed by atoms with Crippen LogP contribution < -0.4 is 5.73 Å². The first-order valence-corrected chi connectivity index (χ1v) is 8.17. The highest BCUT2D eigenvalue weighted by molar-refractivity contribution is 5.96. The number of nitrogens with two attached hydrogens (primary N) is 1. The van der Waals surface area contributed by atoms with Crippen LogP contribution >= 0.6 is 0 Å². The number of nitrogen functional groups attached to an aromatic ring is 1. The van der Waals surface area contributed by atoms with Gasteiger partial charge >= 0.3 is 0 Å². The molecule has 0 bridgehead atoms. The molecule has 8 nitrogen and oxygen atoms in total. The highest BCUT2D eigenvalue weighted by Gasteiger charge is 2.30. The Bertz CT molecular complexity index is 903. The SMILES string of the molecule is COC[C@@H]1CCCN1C(=O)c1cc(N)c2nc(-c3ccco3)nn2c1. The van der Waals surface area contributed by atoms with Crippen LogP contribution in [0.25, 0.3) is 17.2 Å². The van der Waals surface area contributed by atoms with Crippen LogP contribution in [0.3, 0.4) is 0 Å². The van der Waals surface area contributed by atoms with Crippen LogP contribution in [0, 0.1) is 0 Å². The molecule has 0 saturated carbocycles. The van der Waals surface area contributed by atoms with E-state index < -0.39 is 0 Å². The minimum atomic E-state index is -0.0665. The van der Waals surface area contributed by atoms with Crippen molar-refractivity contribution in [3.05, 3.63) is 36.2 Å². The first kappa shape index (κ1) is 15.6. The van der Waals surface area contributed by atoms with Crippen molar-refractivity contribution in [3.8, 4) is 11.6 Å². The average molecular weight is 341 g/mol. The number of carbonyl (C=O) groups is 1. The van der Waals surface area contributed by atoms with Crippen LogP contribution in [0.4, 0.5) is 5.69 Å². The van der Waals surface area contributed by atoms with Gasteiger partial charge < -0.3 is 19.8 Å². The second-order valence-electron chi connectivity index (χ2n) is 6.11. The van der Waals surface area contributed by atoms with Gasteiger partial charge in [-0.3, -0.25) is 4.79 Å². The molecule has 0 aliphatic carbocycles. The Morgan fingerprint density at radius 2 is 2.40 bits per heavy atom. The molecule has 1 amide bonds. The number of carbonyl (C=O) groups excluding carboxylic acids is 1. The molecule has 1 fully saturated rings. The molecule has 0 unspecified atom stereocenters. The number of likely N-dealkylation sites (tertiary alicyclic amines) is 1. The minimum absolute atomic E-state index is 0.0665. The monoisotopic (exact) mass is 341 g/mol. The quantitative estimate of drug-likeness (QED) is 0.777. The van der Waals surface area contributed by atoms with Crippen molar-refractivity contribution >= 4 is 17.2 Å². The first-order valence-electron chi connectivity index (χ1n) is 8.17. The lowest BCUT2D eigenvalue weighted by molar-refractivity contribution is 0.0630. The number of hydrogen-bond acceptors (Lipinski definition) is 6. The predicted octanol–water partition coefficient (Wildman–Crippen LogP) is 1.82. The van der Waals surface area contributed by atoms with E-state index in [0.717, 1.165) is 19.4 Å². The summed E-state index contributed by atoms with van der Waals surface area (Å²) in [5, 5.41) is 4.38. The number of furan rings is 1. The number of amides is 1. The van der Waals surface area contributed by atoms with E-state index in [-0.39, 0.29) is 11.9 Å². The Morgan fingerprint density at radius 1 is 1.52 bits per heavy atom. The van der Waals surface area contributed by atoms with Crippen LogP contribution in [-0.2, 0) is 4.74 Å². The van der Waals surface area contributed by atoms with E-state index in [9.17, 15) is 4.79 Å². The van der Waals surface area contributed by atoms with Crippen molar-refractivity contribution in [1.29, 1.82) is 0 Å². The summed E-state index contributed by atoms with van der Waals surface area (Å²) in [6.07, 6.45) is 5.14. The van der Waals surface area contributed by atoms with E-state index in [4.69, 9.17) is 14.9 Å². The number of aromatic nitrogens is 3. The number of ether oxygens (including phenoxy) is 1. The smallest absolute Gasteiger partial charge is 0.255 e. The predicted molar refractivity (Wildman–Crippen MR) is 91.0 cm³/mol. The van der Waals surface area contributed by atoms with Crippen LogP contribution in [0.1, 0.15) is 23.2 Å². The molecule has 8 heteroatoms. The van der Waals surface area contributed by atoms with Crippen LogP contribution in [0.15, 0.2) is 35.1 Å². The van der Waals surface area contributed by atoms with Crippen LogP contribution in [0.5, 0.6) is 0 Å². The molecular formula is C17H19N5O3. The fourth-order valence-corrected chi connectivity index (χ4v) is 3.27. The van der Waals surface area contributed by atoms with Gasteiger partial charge in [-0.25, -0.2) is 9.50 Å². The van der Waals surface area contributed by atoms with Gasteiger partial charge in [-0.15, -0.1) is 5.10 Å². The van der Waals surface area contributed by atoms with E-state index in [1.807, 2.05) is 4.90 Å². The third-order valence-electron chi connectivity index (χ3n) is 4.45. The average Bonchev–Trinajstić information content (AvgIpc) is 3.34. The topological polar surface area (TPSA) is 98.9 Å². The van der Waals surface area contributed by atoms with Crippen molar-refractivity contribution < 1.29 is 13.9 Å². The molecule has 4 rings (SSSR count). The standard InChI is InChI=1S/C17H19N5O3/c1-24-10-12-4-2-6-21(12)17(23)11-8-13(18)16-19-15(20-22(16)9-11)14-5-3-7-25-14/h3,5,7-9,12H,2,4,6,10,18H2,1H3/t12-/m0/s1. The Hall–Kier alpha value is -2.87. The summed E-state index contributed by atoms with van der Waals surface area (Å²) in [6.45, 7) is 1.26. The lowest BCUT2D eigenvalue weighted by Gasteiger charge is -2.24. The summed E-state index contributed by atoms with van der Waals surface area (Å²) >= 11 is 0. The normalized spacial score (nSPS) is 17.5. The van der Waals surface area contributed by atoms with Gasteiger partial charge in [0.05, 0.1) is 30.2 Å². The highest BCUT2D eigenvalue weighted by atomic mass is 16.5. The fraction of sp³-hybridized carbons (Fsp3) is 0.353. The van der Waals surface area contributed by atoms with Crippen molar-refractivity contribution in [2.45, 2.75) is 18.9 Å². The number of nitrogens with zero attached hydrogens (tertiary/aromatic N) is 4. The lowest BCUT2D eigenvalue weighted by atomic mass is 10.2. The van der Waals surface area contributed by atoms with E-state index in [0.29, 0.717) is 35.1 Å². The maximum Gasteiger partial charge on any atom is 0.255 e. The molecule has 130 valence electrons. The van der Waals surface area contributed by atoms with Gasteiger partial charge in [0.2, 0.25) is 5.82 Å². The van der Waals surface area contributed by atoms with Crippen molar-refractivity contribution in [2.24, 2.45) is 0 Å². The summed E-state index contributed by atoms with van der Waals surface area (Å²) < 4.78 is 12.1. The maximum atomic E-state index is 12.9. The highest BCUT2D eigenvalue weighted by Crippen LogP contribution is 2.24. The molecule has 3 aromatic rings. The molecule has 1 aliphatic heterocycles. The number of rotatable bonds is 4. The van der Waals surface area contributed by atoms with Crippen molar-refractivity contribution in [3.63, 3.8) is 0 Å². The van der Waals surface area contributed by atoms with Crippen LogP contribution in [-0.4, -0.2) is 51.7 Å². The molecular weight excluding hydrogens is 322 g/mol. The lowest BCUT2D eigenvalue weighted by Crippen LogP contribution is -2.38. The van der Waals surface area contributed by atoms with E-state index >= 15 is 0 Å². The molecule has 3 aromatic heterocycles. The van der Waals surface area contributed by atoms with Gasteiger partial charge in [0.1, 0.15) is 0 Å². The minimum Gasteiger partial charge on any atom is -0.461 e. The third-order valence-corrected chi connectivity index (χ3v) is 4.45. The largest absolute Gasteiger partial charge is 0.461 e. The fourth-order valence-electron chi connectivity index (χ4n) is 3.27. The molecule has 25 heavy (non-hydrogen) atoms. The van der Waals surface area contributed by atoms with Gasteiger partial charge in [0, 0.05) is 19.9 Å². The molecule has 1 atom stereocenters. The summed E-state index contributed by atoms with van der Waals surface area (Å²) in [5.41, 5.74) is 7.49. The number of hydrogen-bond donors (Lipinski definition) is 1. The zero-order valence-corrected chi connectivity index (χ0v) is 13.9. The zero-order chi connectivity index (χ0) is 17.4. The van der Waals surface area contributed by atoms with Crippen LogP contribution in [0.2, 0.25) is 0 Å². The molecule has 1 saturated heterocycles. The molecule has 2 N–H and O–H groups in total. The van der Waals surface area contributed by atoms with Gasteiger partial charge in [-0.2, -0.15) is 0 Å². The van der Waals surface area contributed by atoms with Gasteiger partial charge in [-0.05, 0) is 31.0 Å². The summed E-state index contributed by atoms with van der Waals surface area (Å²) in [5.74, 6) is 0.915. The maximum absolute atomic E-state index is 12.9. The second kappa shape index (κ2) is 6.21. The number of methoxy groups -OCH3 is 1. The number of anilines is 1. The summed E-state index contributed by atoms with van der Waals surface area (Å²) in [7, 11) is 1.65. The van der Waals surface area contributed by atoms with E-state index in [2.05, 4.69) is 10.1 Å². The van der Waals surface area contributed by atoms with Gasteiger partial charge in [0.15, 0.2) is 11.4 Å². The van der Waals surface area contributed by atoms with Crippen molar-refractivity contribution in [2.75, 3.05) is 26.0 Å². The number of pyridine rings is 1. The Balaban J connectivity index is 1.69. The summed E-state index contributed by atoms with van der Waals surface area (Å²) in [4.78, 5) is 19.1. The first-order chi connectivity index (χ1) is 12.2. The van der Waals surface area contributed by atoms with Crippen molar-refractivity contribution in [1.82, 2.24) is 19.5 Å². The van der Waals surface area contributed by atoms with Gasteiger partial charge in [-0.1, -0.05) is 0 Å². The molecule has 1 aliphatic rings. The molecule has 0 spiro atoms. The van der Waals surface area contributed by atoms with E-state index in [1.165, 1.54) is 4.52 Å². The number of fused-ring (bicyclic) bond motifs is 1.